The Kier molecular flexibility index (Phi) is 7.51. The van der Waals surface area contributed by atoms with Crippen molar-refractivity contribution >= 4 is 51.9 Å². The van der Waals surface area contributed by atoms with Crippen LogP contribution in [-0.2, 0) is 11.4 Å². The maximum absolute atomic E-state index is 12.7. The molecule has 2 aromatic rings. The van der Waals surface area contributed by atoms with Gasteiger partial charge in [0.05, 0.1) is 21.8 Å². The lowest BCUT2D eigenvalue weighted by Crippen LogP contribution is -2.30. The molecule has 0 unspecified atom stereocenters. The Hall–Kier alpha value is -2.64. The predicted molar refractivity (Wildman–Crippen MR) is 132 cm³/mol. The second kappa shape index (κ2) is 10.1. The lowest BCUT2D eigenvalue weighted by Gasteiger charge is -2.16. The van der Waals surface area contributed by atoms with E-state index in [2.05, 4.69) is 28.7 Å². The molecule has 0 spiro atoms. The molecule has 0 aliphatic carbocycles. The Balaban J connectivity index is 1.93. The number of benzene rings is 2. The molecule has 1 fully saturated rings. The number of amides is 1. The van der Waals surface area contributed by atoms with Crippen molar-refractivity contribution in [3.05, 3.63) is 62.4 Å². The summed E-state index contributed by atoms with van der Waals surface area (Å²) in [5, 5.41) is 9.79. The van der Waals surface area contributed by atoms with Crippen LogP contribution in [0.5, 0.6) is 11.5 Å². The van der Waals surface area contributed by atoms with Gasteiger partial charge in [0.15, 0.2) is 16.6 Å². The zero-order valence-electron chi connectivity index (χ0n) is 17.5. The number of nitriles is 1. The van der Waals surface area contributed by atoms with E-state index in [-0.39, 0.29) is 12.5 Å². The summed E-state index contributed by atoms with van der Waals surface area (Å²) in [6.07, 6.45) is 1.81. The minimum atomic E-state index is -0.114. The third-order valence-corrected chi connectivity index (χ3v) is 6.10. The van der Waals surface area contributed by atoms with E-state index in [1.165, 1.54) is 0 Å². The Morgan fingerprint density at radius 2 is 1.97 bits per heavy atom. The lowest BCUT2D eigenvalue weighted by atomic mass is 10.1. The summed E-state index contributed by atoms with van der Waals surface area (Å²) in [6, 6.07) is 13.3. The highest BCUT2D eigenvalue weighted by Gasteiger charge is 2.34. The minimum absolute atomic E-state index is 0.114. The van der Waals surface area contributed by atoms with Gasteiger partial charge < -0.3 is 14.4 Å². The van der Waals surface area contributed by atoms with Crippen LogP contribution in [0.4, 0.5) is 0 Å². The van der Waals surface area contributed by atoms with Crippen LogP contribution < -0.4 is 9.47 Å². The van der Waals surface area contributed by atoms with Crippen molar-refractivity contribution in [2.24, 2.45) is 0 Å². The molecule has 31 heavy (non-hydrogen) atoms. The molecule has 160 valence electrons. The fourth-order valence-electron chi connectivity index (χ4n) is 3.23. The molecule has 8 heteroatoms. The molecule has 2 aromatic carbocycles. The first-order chi connectivity index (χ1) is 14.9. The van der Waals surface area contributed by atoms with Gasteiger partial charge in [-0.1, -0.05) is 18.2 Å². The zero-order valence-corrected chi connectivity index (χ0v) is 20.5. The number of hydrogen-bond acceptors (Lipinski definition) is 5. The van der Waals surface area contributed by atoms with E-state index in [0.717, 1.165) is 14.7 Å². The maximum atomic E-state index is 12.7. The molecule has 3 rings (SSSR count). The van der Waals surface area contributed by atoms with Gasteiger partial charge in [0.2, 0.25) is 0 Å². The van der Waals surface area contributed by atoms with E-state index in [0.29, 0.717) is 41.0 Å². The van der Waals surface area contributed by atoms with Crippen molar-refractivity contribution in [3.8, 4) is 17.6 Å². The second-order valence-electron chi connectivity index (χ2n) is 6.74. The first kappa shape index (κ1) is 23.0. The number of carbonyl (C=O) groups is 1. The number of ether oxygens (including phenoxy) is 2. The Labute approximate surface area is 201 Å². The molecule has 1 heterocycles. The van der Waals surface area contributed by atoms with E-state index >= 15 is 0 Å². The molecule has 1 saturated heterocycles. The highest BCUT2D eigenvalue weighted by Crippen LogP contribution is 2.36. The van der Waals surface area contributed by atoms with Crippen molar-refractivity contribution in [3.63, 3.8) is 0 Å². The second-order valence-corrected chi connectivity index (χ2v) is 8.27. The highest BCUT2D eigenvalue weighted by atomic mass is 127. The minimum Gasteiger partial charge on any atom is -0.490 e. The van der Waals surface area contributed by atoms with Crippen LogP contribution in [0, 0.1) is 14.9 Å². The molecule has 0 saturated carbocycles. The van der Waals surface area contributed by atoms with Crippen LogP contribution in [0.15, 0.2) is 42.1 Å². The van der Waals surface area contributed by atoms with Crippen LogP contribution in [0.3, 0.4) is 0 Å². The van der Waals surface area contributed by atoms with E-state index in [9.17, 15) is 10.1 Å². The van der Waals surface area contributed by atoms with E-state index in [4.69, 9.17) is 21.7 Å². The number of likely N-dealkylation sites (N-methyl/N-ethyl adjacent to an activating group) is 2. The van der Waals surface area contributed by atoms with Crippen molar-refractivity contribution in [2.45, 2.75) is 20.5 Å². The largest absolute Gasteiger partial charge is 0.490 e. The van der Waals surface area contributed by atoms with Crippen molar-refractivity contribution < 1.29 is 14.3 Å². The summed E-state index contributed by atoms with van der Waals surface area (Å²) >= 11 is 7.56. The third kappa shape index (κ3) is 4.83. The molecule has 0 radical (unpaired) electrons. The first-order valence-corrected chi connectivity index (χ1v) is 11.3. The molecule has 1 aliphatic heterocycles. The number of hydrogen-bond donors (Lipinski definition) is 0. The quantitative estimate of drug-likeness (QED) is 0.288. The first-order valence-electron chi connectivity index (χ1n) is 9.79. The molecule has 0 atom stereocenters. The Bertz CT molecular complexity index is 1090. The summed E-state index contributed by atoms with van der Waals surface area (Å²) in [5.74, 6) is 1.07. The molecule has 1 amide bonds. The van der Waals surface area contributed by atoms with Crippen LogP contribution in [0.25, 0.3) is 6.08 Å². The van der Waals surface area contributed by atoms with Crippen molar-refractivity contribution in [1.82, 2.24) is 9.80 Å². The fraction of sp³-hybridized carbons (Fsp3) is 0.261. The number of carbonyl (C=O) groups excluding carboxylic acids is 1. The normalized spacial score (nSPS) is 14.9. The van der Waals surface area contributed by atoms with E-state index < -0.39 is 0 Å². The molecular formula is C23H22IN3O3S. The number of nitrogens with zero attached hydrogens (tertiary/aromatic N) is 3. The smallest absolute Gasteiger partial charge is 0.276 e. The fourth-order valence-corrected chi connectivity index (χ4v) is 4.32. The van der Waals surface area contributed by atoms with Crippen LogP contribution in [0.1, 0.15) is 30.5 Å². The van der Waals surface area contributed by atoms with Gasteiger partial charge >= 0.3 is 0 Å². The molecule has 0 N–H and O–H groups in total. The van der Waals surface area contributed by atoms with Gasteiger partial charge in [-0.3, -0.25) is 9.69 Å². The molecule has 1 aliphatic rings. The van der Waals surface area contributed by atoms with Crippen LogP contribution in [-0.4, -0.2) is 41.0 Å². The number of thiocarbonyl (C=S) groups is 1. The summed E-state index contributed by atoms with van der Waals surface area (Å²) in [7, 11) is 1.79. The van der Waals surface area contributed by atoms with Gasteiger partial charge in [0.25, 0.3) is 5.91 Å². The molecule has 0 bridgehead atoms. The number of rotatable bonds is 7. The van der Waals surface area contributed by atoms with Gasteiger partial charge in [-0.2, -0.15) is 5.26 Å². The molecular weight excluding hydrogens is 525 g/mol. The monoisotopic (exact) mass is 547 g/mol. The zero-order chi connectivity index (χ0) is 22.5. The molecule has 0 aromatic heterocycles. The summed E-state index contributed by atoms with van der Waals surface area (Å²) in [4.78, 5) is 16.0. The van der Waals surface area contributed by atoms with Crippen molar-refractivity contribution in [2.75, 3.05) is 20.2 Å². The SMILES string of the molecule is CCOc1cc(/C=C2/C(=O)N(CC)C(=S)N2C)cc(I)c1OCc1ccccc1C#N. The average Bonchev–Trinajstić information content (AvgIpc) is 2.96. The topological polar surface area (TPSA) is 65.8 Å². The Morgan fingerprint density at radius 1 is 1.23 bits per heavy atom. The lowest BCUT2D eigenvalue weighted by molar-refractivity contribution is -0.122. The van der Waals surface area contributed by atoms with Crippen LogP contribution >= 0.6 is 34.8 Å². The van der Waals surface area contributed by atoms with Crippen molar-refractivity contribution in [1.29, 1.82) is 5.26 Å². The van der Waals surface area contributed by atoms with E-state index in [1.54, 1.807) is 22.9 Å². The van der Waals surface area contributed by atoms with Gasteiger partial charge in [0, 0.05) is 19.2 Å². The average molecular weight is 547 g/mol. The van der Waals surface area contributed by atoms with Crippen LogP contribution in [0.2, 0.25) is 0 Å². The van der Waals surface area contributed by atoms with Gasteiger partial charge in [-0.15, -0.1) is 0 Å². The summed E-state index contributed by atoms with van der Waals surface area (Å²) < 4.78 is 12.7. The maximum Gasteiger partial charge on any atom is 0.276 e. The molecule has 6 nitrogen and oxygen atoms in total. The summed E-state index contributed by atoms with van der Waals surface area (Å²) in [6.45, 7) is 5.04. The third-order valence-electron chi connectivity index (χ3n) is 4.80. The number of halogens is 1. The highest BCUT2D eigenvalue weighted by molar-refractivity contribution is 14.1. The summed E-state index contributed by atoms with van der Waals surface area (Å²) in [5.41, 5.74) is 2.71. The van der Waals surface area contributed by atoms with E-state index in [1.807, 2.05) is 50.3 Å². The van der Waals surface area contributed by atoms with Gasteiger partial charge in [-0.05, 0) is 78.5 Å². The predicted octanol–water partition coefficient (Wildman–Crippen LogP) is 4.56. The standard InChI is InChI=1S/C23H22IN3O3S/c1-4-27-22(28)19(26(3)23(27)31)11-15-10-18(24)21(20(12-15)29-5-2)30-14-17-9-7-6-8-16(17)13-25/h6-12H,4-5,14H2,1-3H3/b19-11-. The Morgan fingerprint density at radius 3 is 2.61 bits per heavy atom. The van der Waals surface area contributed by atoms with Gasteiger partial charge in [-0.25, -0.2) is 0 Å². The van der Waals surface area contributed by atoms with Gasteiger partial charge in [0.1, 0.15) is 12.3 Å².